The van der Waals surface area contributed by atoms with Crippen LogP contribution in [-0.4, -0.2) is 17.3 Å². The third kappa shape index (κ3) is 2.60. The quantitative estimate of drug-likeness (QED) is 0.744. The third-order valence-electron chi connectivity index (χ3n) is 4.03. The minimum Gasteiger partial charge on any atom is -0.495 e. The second-order valence-corrected chi connectivity index (χ2v) is 5.32. The van der Waals surface area contributed by atoms with Crippen molar-refractivity contribution in [3.05, 3.63) is 11.8 Å². The fraction of sp³-hybridized carbons (Fsp3) is 0.857. The van der Waals surface area contributed by atoms with Gasteiger partial charge >= 0.3 is 0 Å². The Morgan fingerprint density at radius 2 is 2.31 bits per heavy atom. The highest BCUT2D eigenvalue weighted by Gasteiger charge is 2.36. The van der Waals surface area contributed by atoms with Crippen LogP contribution in [0.1, 0.15) is 58.3 Å². The van der Waals surface area contributed by atoms with E-state index in [1.165, 1.54) is 19.3 Å². The first-order chi connectivity index (χ1) is 7.74. The van der Waals surface area contributed by atoms with Gasteiger partial charge in [-0.3, -0.25) is 0 Å². The molecule has 0 amide bonds. The molecule has 2 atom stereocenters. The first-order valence-electron chi connectivity index (χ1n) is 6.80. The topological polar surface area (TPSA) is 29.5 Å². The highest BCUT2D eigenvalue weighted by molar-refractivity contribution is 5.13. The van der Waals surface area contributed by atoms with Crippen LogP contribution >= 0.6 is 0 Å². The van der Waals surface area contributed by atoms with Crippen molar-refractivity contribution < 1.29 is 9.84 Å². The fourth-order valence-electron chi connectivity index (χ4n) is 3.08. The van der Waals surface area contributed by atoms with Gasteiger partial charge in [0.2, 0.25) is 0 Å². The molecular weight excluding hydrogens is 200 g/mol. The number of hydrogen-bond donors (Lipinski definition) is 1. The van der Waals surface area contributed by atoms with Gasteiger partial charge < -0.3 is 9.84 Å². The molecule has 0 radical (unpaired) electrons. The first-order valence-corrected chi connectivity index (χ1v) is 6.80. The smallest absolute Gasteiger partial charge is 0.124 e. The zero-order valence-corrected chi connectivity index (χ0v) is 10.4. The van der Waals surface area contributed by atoms with E-state index in [0.717, 1.165) is 50.4 Å². The monoisotopic (exact) mass is 224 g/mol. The van der Waals surface area contributed by atoms with Gasteiger partial charge in [0.25, 0.3) is 0 Å². The Bertz CT molecular complexity index is 259. The standard InChI is InChI=1S/C14H24O2/c1-2-5-12-6-3-9-14(15,10-8-12)13-7-4-11-16-13/h7,12,15H,2-6,8-11H2,1H3. The lowest BCUT2D eigenvalue weighted by Crippen LogP contribution is -2.30. The largest absolute Gasteiger partial charge is 0.495 e. The number of hydrogen-bond acceptors (Lipinski definition) is 2. The molecule has 0 aromatic carbocycles. The second-order valence-electron chi connectivity index (χ2n) is 5.32. The van der Waals surface area contributed by atoms with Gasteiger partial charge in [0.1, 0.15) is 11.4 Å². The van der Waals surface area contributed by atoms with E-state index in [-0.39, 0.29) is 0 Å². The Balaban J connectivity index is 1.96. The fourth-order valence-corrected chi connectivity index (χ4v) is 3.08. The average Bonchev–Trinajstić information content (AvgIpc) is 2.74. The van der Waals surface area contributed by atoms with Gasteiger partial charge in [0, 0.05) is 6.42 Å². The van der Waals surface area contributed by atoms with E-state index in [0.29, 0.717) is 0 Å². The van der Waals surface area contributed by atoms with E-state index in [1.807, 2.05) is 0 Å². The summed E-state index contributed by atoms with van der Waals surface area (Å²) in [7, 11) is 0. The summed E-state index contributed by atoms with van der Waals surface area (Å²) in [6.45, 7) is 3.01. The van der Waals surface area contributed by atoms with Gasteiger partial charge in [0.15, 0.2) is 0 Å². The van der Waals surface area contributed by atoms with E-state index in [2.05, 4.69) is 13.0 Å². The lowest BCUT2D eigenvalue weighted by Gasteiger charge is -2.27. The van der Waals surface area contributed by atoms with Crippen LogP contribution < -0.4 is 0 Å². The molecule has 1 saturated carbocycles. The molecule has 0 bridgehead atoms. The summed E-state index contributed by atoms with van der Waals surface area (Å²) in [5.74, 6) is 1.69. The van der Waals surface area contributed by atoms with E-state index in [1.54, 1.807) is 0 Å². The normalized spacial score (nSPS) is 35.4. The molecule has 0 aromatic rings. The van der Waals surface area contributed by atoms with Gasteiger partial charge in [0.05, 0.1) is 6.61 Å². The summed E-state index contributed by atoms with van der Waals surface area (Å²) in [6, 6.07) is 0. The predicted octanol–water partition coefficient (Wildman–Crippen LogP) is 3.40. The van der Waals surface area contributed by atoms with Crippen LogP contribution in [0.5, 0.6) is 0 Å². The second kappa shape index (κ2) is 5.22. The summed E-state index contributed by atoms with van der Waals surface area (Å²) in [6.07, 6.45) is 11.0. The summed E-state index contributed by atoms with van der Waals surface area (Å²) in [5, 5.41) is 10.6. The molecule has 1 heterocycles. The van der Waals surface area contributed by atoms with Gasteiger partial charge in [-0.1, -0.05) is 26.2 Å². The van der Waals surface area contributed by atoms with Crippen LogP contribution in [0.3, 0.4) is 0 Å². The van der Waals surface area contributed by atoms with Gasteiger partial charge in [-0.15, -0.1) is 0 Å². The van der Waals surface area contributed by atoms with Crippen molar-refractivity contribution >= 4 is 0 Å². The molecule has 92 valence electrons. The summed E-state index contributed by atoms with van der Waals surface area (Å²) < 4.78 is 5.56. The molecule has 2 unspecified atom stereocenters. The van der Waals surface area contributed by atoms with Crippen molar-refractivity contribution in [1.82, 2.24) is 0 Å². The molecule has 1 N–H and O–H groups in total. The lowest BCUT2D eigenvalue weighted by molar-refractivity contribution is 0.00612. The molecule has 0 spiro atoms. The van der Waals surface area contributed by atoms with Crippen LogP contribution in [0.2, 0.25) is 0 Å². The van der Waals surface area contributed by atoms with Crippen molar-refractivity contribution in [3.8, 4) is 0 Å². The van der Waals surface area contributed by atoms with Gasteiger partial charge in [-0.05, 0) is 37.7 Å². The van der Waals surface area contributed by atoms with Gasteiger partial charge in [-0.25, -0.2) is 0 Å². The molecule has 2 rings (SSSR count). The average molecular weight is 224 g/mol. The lowest BCUT2D eigenvalue weighted by atomic mass is 9.90. The number of rotatable bonds is 3. The molecule has 1 aliphatic carbocycles. The van der Waals surface area contributed by atoms with Crippen molar-refractivity contribution in [2.75, 3.05) is 6.61 Å². The zero-order valence-electron chi connectivity index (χ0n) is 10.4. The van der Waals surface area contributed by atoms with Crippen LogP contribution in [-0.2, 0) is 4.74 Å². The van der Waals surface area contributed by atoms with E-state index in [9.17, 15) is 5.11 Å². The van der Waals surface area contributed by atoms with Crippen LogP contribution in [0.4, 0.5) is 0 Å². The van der Waals surface area contributed by atoms with Crippen LogP contribution in [0.25, 0.3) is 0 Å². The molecule has 1 aliphatic heterocycles. The summed E-state index contributed by atoms with van der Waals surface area (Å²) in [4.78, 5) is 0. The predicted molar refractivity (Wildman–Crippen MR) is 65.1 cm³/mol. The van der Waals surface area contributed by atoms with E-state index < -0.39 is 5.60 Å². The van der Waals surface area contributed by atoms with Crippen molar-refractivity contribution in [2.45, 2.75) is 63.9 Å². The molecular formula is C14H24O2. The maximum atomic E-state index is 10.6. The minimum atomic E-state index is -0.640. The Kier molecular flexibility index (Phi) is 3.91. The minimum absolute atomic E-state index is 0.640. The molecule has 16 heavy (non-hydrogen) atoms. The molecule has 2 nitrogen and oxygen atoms in total. The summed E-state index contributed by atoms with van der Waals surface area (Å²) in [5.41, 5.74) is -0.640. The maximum Gasteiger partial charge on any atom is 0.124 e. The van der Waals surface area contributed by atoms with Gasteiger partial charge in [-0.2, -0.15) is 0 Å². The summed E-state index contributed by atoms with van der Waals surface area (Å²) >= 11 is 0. The van der Waals surface area contributed by atoms with Crippen LogP contribution in [0, 0.1) is 5.92 Å². The molecule has 0 aromatic heterocycles. The number of aliphatic hydroxyl groups is 1. The Labute approximate surface area is 98.7 Å². The van der Waals surface area contributed by atoms with E-state index in [4.69, 9.17) is 4.74 Å². The number of ether oxygens (including phenoxy) is 1. The Morgan fingerprint density at radius 3 is 3.00 bits per heavy atom. The van der Waals surface area contributed by atoms with E-state index >= 15 is 0 Å². The van der Waals surface area contributed by atoms with Crippen molar-refractivity contribution in [1.29, 1.82) is 0 Å². The van der Waals surface area contributed by atoms with Crippen molar-refractivity contribution in [2.24, 2.45) is 5.92 Å². The first kappa shape index (κ1) is 12.0. The highest BCUT2D eigenvalue weighted by Crippen LogP contribution is 2.38. The Morgan fingerprint density at radius 1 is 1.44 bits per heavy atom. The van der Waals surface area contributed by atoms with Crippen molar-refractivity contribution in [3.63, 3.8) is 0 Å². The maximum absolute atomic E-state index is 10.6. The zero-order chi connectivity index (χ0) is 11.4. The SMILES string of the molecule is CCCC1CCCC(O)(C2=CCCO2)CC1. The molecule has 0 saturated heterocycles. The van der Waals surface area contributed by atoms with Crippen LogP contribution in [0.15, 0.2) is 11.8 Å². The highest BCUT2D eigenvalue weighted by atomic mass is 16.5. The molecule has 2 heteroatoms. The molecule has 2 aliphatic rings. The third-order valence-corrected chi connectivity index (χ3v) is 4.03. The Hall–Kier alpha value is -0.500. The molecule has 1 fully saturated rings.